The molecule has 1 aromatic carbocycles. The molecular weight excluding hydrogens is 443 g/mol. The number of hydrogen-bond acceptors (Lipinski definition) is 6. The molecule has 0 atom stereocenters. The van der Waals surface area contributed by atoms with Crippen LogP contribution in [-0.4, -0.2) is 60.6 Å². The van der Waals surface area contributed by atoms with Gasteiger partial charge in [0.15, 0.2) is 0 Å². The Labute approximate surface area is 178 Å². The largest absolute Gasteiger partial charge is 0.534 e. The molecule has 174 valence electrons. The number of rotatable bonds is 7. The predicted molar refractivity (Wildman–Crippen MR) is 105 cm³/mol. The second-order valence-corrected chi connectivity index (χ2v) is 8.18. The van der Waals surface area contributed by atoms with Gasteiger partial charge in [-0.25, -0.2) is 9.59 Å². The molecule has 2 N–H and O–H groups in total. The molecule has 1 saturated heterocycles. The van der Waals surface area contributed by atoms with Crippen molar-refractivity contribution in [2.45, 2.75) is 37.6 Å². The molecule has 31 heavy (non-hydrogen) atoms. The average molecular weight is 467 g/mol. The Morgan fingerprint density at radius 3 is 2.10 bits per heavy atom. The van der Waals surface area contributed by atoms with Crippen molar-refractivity contribution in [3.8, 4) is 5.75 Å². The Hall–Kier alpha value is -2.60. The summed E-state index contributed by atoms with van der Waals surface area (Å²) in [5.41, 5.74) is -4.90. The Balaban J connectivity index is 0.000000512. The van der Waals surface area contributed by atoms with Crippen molar-refractivity contribution in [1.29, 1.82) is 0 Å². The molecule has 1 aliphatic heterocycles. The van der Waals surface area contributed by atoms with Gasteiger partial charge in [-0.05, 0) is 56.4 Å². The number of aliphatic carboxylic acids is 2. The van der Waals surface area contributed by atoms with E-state index in [1.807, 2.05) is 0 Å². The van der Waals surface area contributed by atoms with E-state index in [0.29, 0.717) is 17.7 Å². The third-order valence-electron chi connectivity index (χ3n) is 4.34. The molecular formula is C19H24F3NO7S. The van der Waals surface area contributed by atoms with Gasteiger partial charge in [0, 0.05) is 12.2 Å². The number of para-hydroxylation sites is 1. The molecule has 1 aliphatic rings. The first-order valence-corrected chi connectivity index (χ1v) is 10.7. The summed E-state index contributed by atoms with van der Waals surface area (Å²) in [5, 5.41) is 15.6. The first-order valence-electron chi connectivity index (χ1n) is 9.33. The van der Waals surface area contributed by atoms with Crippen molar-refractivity contribution < 1.29 is 45.6 Å². The van der Waals surface area contributed by atoms with Gasteiger partial charge in [-0.1, -0.05) is 25.1 Å². The SMILES string of the molecule is CCCN1CCC(c2ccccc2OS(=O)(=O)C(F)(F)F)CC1.O=C(O)/C=C/C(=O)O. The molecule has 1 heterocycles. The Kier molecular flexibility index (Phi) is 9.98. The number of carboxylic acids is 2. The fraction of sp³-hybridized carbons (Fsp3) is 0.474. The van der Waals surface area contributed by atoms with E-state index in [0.717, 1.165) is 38.9 Å². The highest BCUT2D eigenvalue weighted by Crippen LogP contribution is 2.36. The van der Waals surface area contributed by atoms with Crippen molar-refractivity contribution in [2.24, 2.45) is 0 Å². The molecule has 0 saturated carbocycles. The molecule has 0 radical (unpaired) electrons. The van der Waals surface area contributed by atoms with Crippen molar-refractivity contribution >= 4 is 22.1 Å². The maximum atomic E-state index is 12.5. The number of piperidine rings is 1. The zero-order chi connectivity index (χ0) is 23.7. The molecule has 8 nitrogen and oxygen atoms in total. The second-order valence-electron chi connectivity index (χ2n) is 6.65. The van der Waals surface area contributed by atoms with E-state index < -0.39 is 27.6 Å². The molecule has 1 aromatic rings. The lowest BCUT2D eigenvalue weighted by molar-refractivity contribution is -0.134. The maximum absolute atomic E-state index is 12.5. The van der Waals surface area contributed by atoms with Crippen LogP contribution >= 0.6 is 0 Å². The van der Waals surface area contributed by atoms with Gasteiger partial charge < -0.3 is 19.3 Å². The van der Waals surface area contributed by atoms with Crippen LogP contribution in [0.15, 0.2) is 36.4 Å². The molecule has 0 aromatic heterocycles. The third-order valence-corrected chi connectivity index (χ3v) is 5.30. The van der Waals surface area contributed by atoms with Crippen molar-refractivity contribution in [1.82, 2.24) is 4.90 Å². The molecule has 12 heteroatoms. The monoisotopic (exact) mass is 467 g/mol. The van der Waals surface area contributed by atoms with E-state index in [-0.39, 0.29) is 11.7 Å². The summed E-state index contributed by atoms with van der Waals surface area (Å²) in [7, 11) is -5.64. The topological polar surface area (TPSA) is 121 Å². The average Bonchev–Trinajstić information content (AvgIpc) is 2.67. The standard InChI is InChI=1S/C15H20F3NO3S.C4H4O4/c1-2-9-19-10-7-12(8-11-19)13-5-3-4-6-14(13)22-23(20,21)15(16,17)18;5-3(6)1-2-4(7)8/h3-6,12H,2,7-11H2,1H3;1-2H,(H,5,6)(H,7,8)/b;2-1+. The number of benzene rings is 1. The number of halogens is 3. The van der Waals surface area contributed by atoms with Crippen LogP contribution in [0.25, 0.3) is 0 Å². The second kappa shape index (κ2) is 11.7. The van der Waals surface area contributed by atoms with Crippen LogP contribution in [-0.2, 0) is 19.7 Å². The molecule has 2 rings (SSSR count). The summed E-state index contributed by atoms with van der Waals surface area (Å²) in [6.07, 6.45) is 3.71. The van der Waals surface area contributed by atoms with Crippen LogP contribution in [0.5, 0.6) is 5.75 Å². The Morgan fingerprint density at radius 2 is 1.65 bits per heavy atom. The van der Waals surface area contributed by atoms with Crippen LogP contribution in [0.4, 0.5) is 13.2 Å². The summed E-state index contributed by atoms with van der Waals surface area (Å²) in [6.45, 7) is 4.78. The normalized spacial score (nSPS) is 15.9. The van der Waals surface area contributed by atoms with E-state index in [1.54, 1.807) is 12.1 Å². The van der Waals surface area contributed by atoms with E-state index >= 15 is 0 Å². The van der Waals surface area contributed by atoms with Crippen LogP contribution in [0.1, 0.15) is 37.7 Å². The summed E-state index contributed by atoms with van der Waals surface area (Å²) >= 11 is 0. The van der Waals surface area contributed by atoms with Gasteiger partial charge in [0.1, 0.15) is 5.75 Å². The first-order chi connectivity index (χ1) is 14.4. The fourth-order valence-electron chi connectivity index (χ4n) is 2.99. The van der Waals surface area contributed by atoms with Gasteiger partial charge in [0.05, 0.1) is 0 Å². The Bertz CT molecular complexity index is 861. The minimum absolute atomic E-state index is 0.00254. The Morgan fingerprint density at radius 1 is 1.13 bits per heavy atom. The molecule has 0 aliphatic carbocycles. The van der Waals surface area contributed by atoms with Gasteiger partial charge in [0.25, 0.3) is 0 Å². The molecule has 0 unspecified atom stereocenters. The van der Waals surface area contributed by atoms with Gasteiger partial charge in [0.2, 0.25) is 0 Å². The quantitative estimate of drug-likeness (QED) is 0.356. The van der Waals surface area contributed by atoms with Gasteiger partial charge >= 0.3 is 27.6 Å². The molecule has 0 spiro atoms. The minimum atomic E-state index is -5.64. The lowest BCUT2D eigenvalue weighted by atomic mass is 9.89. The van der Waals surface area contributed by atoms with Crippen LogP contribution < -0.4 is 4.18 Å². The van der Waals surface area contributed by atoms with E-state index in [9.17, 15) is 31.2 Å². The van der Waals surface area contributed by atoms with Crippen LogP contribution in [0.2, 0.25) is 0 Å². The number of carbonyl (C=O) groups is 2. The van der Waals surface area contributed by atoms with Crippen molar-refractivity contribution in [3.05, 3.63) is 42.0 Å². The highest BCUT2D eigenvalue weighted by Gasteiger charge is 2.49. The molecule has 0 bridgehead atoms. The van der Waals surface area contributed by atoms with Crippen molar-refractivity contribution in [2.75, 3.05) is 19.6 Å². The van der Waals surface area contributed by atoms with Crippen molar-refractivity contribution in [3.63, 3.8) is 0 Å². The van der Waals surface area contributed by atoms with Crippen LogP contribution in [0.3, 0.4) is 0 Å². The smallest absolute Gasteiger partial charge is 0.478 e. The van der Waals surface area contributed by atoms with Gasteiger partial charge in [-0.15, -0.1) is 0 Å². The number of likely N-dealkylation sites (tertiary alicyclic amines) is 1. The predicted octanol–water partition coefficient (Wildman–Crippen LogP) is 3.22. The van der Waals surface area contributed by atoms with E-state index in [4.69, 9.17) is 10.2 Å². The molecule has 1 fully saturated rings. The maximum Gasteiger partial charge on any atom is 0.534 e. The van der Waals surface area contributed by atoms with Crippen LogP contribution in [0, 0.1) is 0 Å². The van der Waals surface area contributed by atoms with Gasteiger partial charge in [-0.3, -0.25) is 0 Å². The number of carboxylic acid groups (broad SMARTS) is 2. The number of alkyl halides is 3. The number of nitrogens with zero attached hydrogens (tertiary/aromatic N) is 1. The first kappa shape index (κ1) is 26.4. The minimum Gasteiger partial charge on any atom is -0.478 e. The third kappa shape index (κ3) is 8.97. The number of hydrogen-bond donors (Lipinski definition) is 2. The lowest BCUT2D eigenvalue weighted by Crippen LogP contribution is -2.34. The molecule has 0 amide bonds. The summed E-state index contributed by atoms with van der Waals surface area (Å²) in [5.74, 6) is -2.73. The highest BCUT2D eigenvalue weighted by molar-refractivity contribution is 7.88. The van der Waals surface area contributed by atoms with E-state index in [1.165, 1.54) is 12.1 Å². The zero-order valence-electron chi connectivity index (χ0n) is 16.7. The van der Waals surface area contributed by atoms with Gasteiger partial charge in [-0.2, -0.15) is 21.6 Å². The van der Waals surface area contributed by atoms with E-state index in [2.05, 4.69) is 16.0 Å². The summed E-state index contributed by atoms with van der Waals surface area (Å²) < 4.78 is 64.4. The summed E-state index contributed by atoms with van der Waals surface area (Å²) in [4.78, 5) is 21.4. The zero-order valence-corrected chi connectivity index (χ0v) is 17.5. The summed E-state index contributed by atoms with van der Waals surface area (Å²) in [6, 6.07) is 6.07. The lowest BCUT2D eigenvalue weighted by Gasteiger charge is -2.32. The highest BCUT2D eigenvalue weighted by atomic mass is 32.2. The fourth-order valence-corrected chi connectivity index (χ4v) is 3.47.